The third-order valence-corrected chi connectivity index (χ3v) is 5.19. The fourth-order valence-corrected chi connectivity index (χ4v) is 3.53. The van der Waals surface area contributed by atoms with Gasteiger partial charge in [0.15, 0.2) is 0 Å². The zero-order valence-corrected chi connectivity index (χ0v) is 18.9. The first-order chi connectivity index (χ1) is 15.4. The van der Waals surface area contributed by atoms with E-state index in [-0.39, 0.29) is 24.8 Å². The largest absolute Gasteiger partial charge is 0.497 e. The Morgan fingerprint density at radius 2 is 1.88 bits per heavy atom. The summed E-state index contributed by atoms with van der Waals surface area (Å²) < 4.78 is 22.1. The molecule has 0 saturated carbocycles. The molecule has 8 nitrogen and oxygen atoms in total. The van der Waals surface area contributed by atoms with E-state index in [0.717, 1.165) is 5.56 Å². The number of methoxy groups -OCH3 is 2. The number of nitrogens with one attached hydrogen (secondary N) is 1. The minimum Gasteiger partial charge on any atom is -0.497 e. The van der Waals surface area contributed by atoms with Crippen LogP contribution in [0.5, 0.6) is 17.2 Å². The van der Waals surface area contributed by atoms with Crippen LogP contribution in [-0.4, -0.2) is 51.4 Å². The molecule has 0 bridgehead atoms. The van der Waals surface area contributed by atoms with Gasteiger partial charge in [0.2, 0.25) is 0 Å². The molecule has 170 valence electrons. The molecule has 0 fully saturated rings. The van der Waals surface area contributed by atoms with Gasteiger partial charge in [0.05, 0.1) is 38.1 Å². The normalized spacial score (nSPS) is 15.8. The van der Waals surface area contributed by atoms with Gasteiger partial charge in [0.25, 0.3) is 0 Å². The van der Waals surface area contributed by atoms with Gasteiger partial charge >= 0.3 is 12.0 Å². The lowest BCUT2D eigenvalue weighted by atomic mass is 9.94. The molecule has 0 saturated heterocycles. The van der Waals surface area contributed by atoms with Crippen LogP contribution in [0.3, 0.4) is 0 Å². The van der Waals surface area contributed by atoms with Gasteiger partial charge in [0, 0.05) is 18.7 Å². The third-order valence-electron chi connectivity index (χ3n) is 5.19. The Balaban J connectivity index is 2.09. The van der Waals surface area contributed by atoms with Crippen LogP contribution in [0.4, 0.5) is 4.79 Å². The quantitative estimate of drug-likeness (QED) is 0.631. The molecule has 1 heterocycles. The number of rotatable bonds is 8. The summed E-state index contributed by atoms with van der Waals surface area (Å²) in [6, 6.07) is 11.6. The van der Waals surface area contributed by atoms with E-state index in [1.807, 2.05) is 31.2 Å². The summed E-state index contributed by atoms with van der Waals surface area (Å²) in [6.07, 6.45) is 0. The van der Waals surface area contributed by atoms with E-state index in [0.29, 0.717) is 28.5 Å². The van der Waals surface area contributed by atoms with E-state index in [1.165, 1.54) is 12.0 Å². The maximum Gasteiger partial charge on any atom is 0.338 e. The Labute approximate surface area is 187 Å². The number of carbonyl (C=O) groups excluding carboxylic acids is 2. The third kappa shape index (κ3) is 4.80. The zero-order valence-electron chi connectivity index (χ0n) is 18.9. The number of hydrogen-bond donors (Lipinski definition) is 1. The van der Waals surface area contributed by atoms with Crippen LogP contribution in [0.15, 0.2) is 53.7 Å². The van der Waals surface area contributed by atoms with Crippen molar-refractivity contribution in [2.24, 2.45) is 0 Å². The Kier molecular flexibility index (Phi) is 7.25. The molecule has 1 atom stereocenters. The first-order valence-electron chi connectivity index (χ1n) is 10.2. The van der Waals surface area contributed by atoms with Gasteiger partial charge in [-0.1, -0.05) is 12.1 Å². The van der Waals surface area contributed by atoms with E-state index >= 15 is 0 Å². The van der Waals surface area contributed by atoms with Crippen LogP contribution in [0, 0.1) is 6.92 Å². The second-order valence-electron chi connectivity index (χ2n) is 7.24. The van der Waals surface area contributed by atoms with Gasteiger partial charge in [0.1, 0.15) is 23.9 Å². The van der Waals surface area contributed by atoms with Gasteiger partial charge in [-0.05, 0) is 43.7 Å². The number of urea groups is 1. The number of carbonyl (C=O) groups is 2. The zero-order chi connectivity index (χ0) is 23.3. The van der Waals surface area contributed by atoms with Crippen molar-refractivity contribution in [2.45, 2.75) is 19.9 Å². The fourth-order valence-electron chi connectivity index (χ4n) is 3.53. The molecule has 0 spiro atoms. The average molecular weight is 440 g/mol. The maximum atomic E-state index is 13.1. The van der Waals surface area contributed by atoms with Crippen molar-refractivity contribution in [2.75, 3.05) is 34.5 Å². The monoisotopic (exact) mass is 440 g/mol. The van der Waals surface area contributed by atoms with Crippen LogP contribution < -0.4 is 19.5 Å². The van der Waals surface area contributed by atoms with E-state index in [1.54, 1.807) is 39.3 Å². The molecule has 0 aliphatic carbocycles. The maximum absolute atomic E-state index is 13.1. The van der Waals surface area contributed by atoms with Crippen molar-refractivity contribution in [3.8, 4) is 17.2 Å². The Bertz CT molecular complexity index is 1030. The van der Waals surface area contributed by atoms with Crippen molar-refractivity contribution in [3.05, 3.63) is 64.9 Å². The molecule has 0 unspecified atom stereocenters. The first kappa shape index (κ1) is 23.0. The number of benzene rings is 2. The highest BCUT2D eigenvalue weighted by molar-refractivity contribution is 5.95. The van der Waals surface area contributed by atoms with E-state index in [2.05, 4.69) is 5.32 Å². The first-order valence-corrected chi connectivity index (χ1v) is 10.2. The number of amides is 2. The van der Waals surface area contributed by atoms with Crippen LogP contribution in [0.2, 0.25) is 0 Å². The minimum absolute atomic E-state index is 0.0104. The van der Waals surface area contributed by atoms with E-state index in [9.17, 15) is 9.59 Å². The Morgan fingerprint density at radius 1 is 1.09 bits per heavy atom. The smallest absolute Gasteiger partial charge is 0.338 e. The van der Waals surface area contributed by atoms with Crippen LogP contribution in [-0.2, 0) is 9.53 Å². The molecule has 2 aromatic carbocycles. The van der Waals surface area contributed by atoms with Crippen molar-refractivity contribution in [3.63, 3.8) is 0 Å². The molecule has 32 heavy (non-hydrogen) atoms. The van der Waals surface area contributed by atoms with E-state index in [4.69, 9.17) is 18.9 Å². The van der Waals surface area contributed by atoms with Crippen molar-refractivity contribution < 1.29 is 28.5 Å². The fraction of sp³-hybridized carbons (Fsp3) is 0.333. The van der Waals surface area contributed by atoms with Crippen LogP contribution >= 0.6 is 0 Å². The molecular formula is C24H28N2O6. The number of ether oxygens (including phenoxy) is 4. The number of esters is 1. The Morgan fingerprint density at radius 3 is 2.53 bits per heavy atom. The molecule has 1 N–H and O–H groups in total. The molecule has 0 radical (unpaired) electrons. The van der Waals surface area contributed by atoms with Crippen molar-refractivity contribution in [1.29, 1.82) is 0 Å². The molecule has 0 aromatic heterocycles. The summed E-state index contributed by atoms with van der Waals surface area (Å²) in [5.41, 5.74) is 2.34. The number of hydrogen-bond acceptors (Lipinski definition) is 6. The van der Waals surface area contributed by atoms with Crippen LogP contribution in [0.25, 0.3) is 0 Å². The summed E-state index contributed by atoms with van der Waals surface area (Å²) in [6.45, 7) is 3.90. The second kappa shape index (κ2) is 10.1. The van der Waals surface area contributed by atoms with Gasteiger partial charge in [-0.2, -0.15) is 0 Å². The summed E-state index contributed by atoms with van der Waals surface area (Å²) in [7, 11) is 4.66. The summed E-state index contributed by atoms with van der Waals surface area (Å²) in [5, 5.41) is 2.87. The number of nitrogens with zero attached hydrogens (tertiary/aromatic N) is 1. The SMILES string of the molecule is CCOC(=O)C1=C(COc2cccc(C)c2)N(C)C(=O)N[C@@H]1c1ccc(OC)cc1OC. The Hall–Kier alpha value is -3.68. The van der Waals surface area contributed by atoms with Crippen LogP contribution in [0.1, 0.15) is 24.1 Å². The average Bonchev–Trinajstić information content (AvgIpc) is 2.79. The van der Waals surface area contributed by atoms with Gasteiger partial charge < -0.3 is 24.3 Å². The van der Waals surface area contributed by atoms with Gasteiger partial charge in [-0.25, -0.2) is 9.59 Å². The molecule has 1 aliphatic rings. The summed E-state index contributed by atoms with van der Waals surface area (Å²) >= 11 is 0. The van der Waals surface area contributed by atoms with Crippen molar-refractivity contribution in [1.82, 2.24) is 10.2 Å². The molecule has 8 heteroatoms. The summed E-state index contributed by atoms with van der Waals surface area (Å²) in [5.74, 6) is 1.17. The molecule has 2 aromatic rings. The van der Waals surface area contributed by atoms with Crippen molar-refractivity contribution >= 4 is 12.0 Å². The predicted molar refractivity (Wildman–Crippen MR) is 119 cm³/mol. The molecular weight excluding hydrogens is 412 g/mol. The van der Waals surface area contributed by atoms with E-state index < -0.39 is 12.0 Å². The topological polar surface area (TPSA) is 86.3 Å². The lowest BCUT2D eigenvalue weighted by Crippen LogP contribution is -2.48. The molecule has 2 amide bonds. The highest BCUT2D eigenvalue weighted by atomic mass is 16.5. The van der Waals surface area contributed by atoms with Gasteiger partial charge in [-0.3, -0.25) is 4.90 Å². The summed E-state index contributed by atoms with van der Waals surface area (Å²) in [4.78, 5) is 27.2. The highest BCUT2D eigenvalue weighted by Crippen LogP contribution is 2.37. The molecule has 3 rings (SSSR count). The molecule has 1 aliphatic heterocycles. The predicted octanol–water partition coefficient (Wildman–Crippen LogP) is 3.60. The number of likely N-dealkylation sites (N-methyl/N-ethyl adjacent to an activating group) is 1. The van der Waals surface area contributed by atoms with Gasteiger partial charge in [-0.15, -0.1) is 0 Å². The number of aryl methyl sites for hydroxylation is 1. The standard InChI is InChI=1S/C24H28N2O6/c1-6-31-23(27)21-19(14-32-17-9-7-8-15(2)12-17)26(3)24(28)25-22(21)18-11-10-16(29-4)13-20(18)30-5/h7-13,22H,6,14H2,1-5H3,(H,25,28)/t22-/m1/s1. The minimum atomic E-state index is -0.783. The lowest BCUT2D eigenvalue weighted by Gasteiger charge is -2.35. The lowest BCUT2D eigenvalue weighted by molar-refractivity contribution is -0.139. The highest BCUT2D eigenvalue weighted by Gasteiger charge is 2.38. The second-order valence-corrected chi connectivity index (χ2v) is 7.24.